The first-order valence-corrected chi connectivity index (χ1v) is 9.59. The molecule has 130 valence electrons. The van der Waals surface area contributed by atoms with Gasteiger partial charge in [0.2, 0.25) is 0 Å². The van der Waals surface area contributed by atoms with E-state index in [-0.39, 0.29) is 17.9 Å². The monoisotopic (exact) mass is 355 g/mol. The summed E-state index contributed by atoms with van der Waals surface area (Å²) in [5.74, 6) is 0.804. The second-order valence-electron chi connectivity index (χ2n) is 6.59. The van der Waals surface area contributed by atoms with Crippen molar-refractivity contribution in [2.45, 2.75) is 31.8 Å². The van der Waals surface area contributed by atoms with Crippen LogP contribution in [0.3, 0.4) is 0 Å². The second-order valence-corrected chi connectivity index (χ2v) is 7.53. The fraction of sp³-hybridized carbons (Fsp3) is 0.368. The molecule has 1 saturated carbocycles. The number of carbonyl (C=O) groups is 1. The number of fused-ring (bicyclic) bond motifs is 1. The first-order chi connectivity index (χ1) is 12.2. The fourth-order valence-corrected chi connectivity index (χ4v) is 4.16. The Hall–Kier alpha value is -2.18. The van der Waals surface area contributed by atoms with E-state index in [0.29, 0.717) is 17.6 Å². The van der Waals surface area contributed by atoms with Crippen LogP contribution in [-0.2, 0) is 0 Å². The molecule has 3 N–H and O–H groups in total. The molecule has 2 aromatic heterocycles. The lowest BCUT2D eigenvalue weighted by Gasteiger charge is -2.27. The average molecular weight is 355 g/mol. The number of para-hydroxylation sites is 1. The summed E-state index contributed by atoms with van der Waals surface area (Å²) in [5.41, 5.74) is 2.11. The number of nitrogens with zero attached hydrogens (tertiary/aromatic N) is 1. The van der Waals surface area contributed by atoms with Gasteiger partial charge in [-0.05, 0) is 36.4 Å². The number of H-pyrrole nitrogens is 1. The third-order valence-corrected chi connectivity index (χ3v) is 5.78. The minimum absolute atomic E-state index is 0.132. The number of hydrogen-bond donors (Lipinski definition) is 3. The SMILES string of the molecule is O=C(NC[C@H]1CCCC[C@H]1O)c1cccc2[nH]c(-c3cccs3)nc12. The van der Waals surface area contributed by atoms with Crippen LogP contribution in [0, 0.1) is 5.92 Å². The van der Waals surface area contributed by atoms with Gasteiger partial charge in [-0.1, -0.05) is 25.0 Å². The van der Waals surface area contributed by atoms with E-state index in [1.807, 2.05) is 29.6 Å². The molecule has 5 nitrogen and oxygen atoms in total. The van der Waals surface area contributed by atoms with Crippen LogP contribution in [0.15, 0.2) is 35.7 Å². The van der Waals surface area contributed by atoms with Crippen LogP contribution in [-0.4, -0.2) is 33.6 Å². The van der Waals surface area contributed by atoms with Gasteiger partial charge in [0.05, 0.1) is 22.1 Å². The van der Waals surface area contributed by atoms with Crippen molar-refractivity contribution in [1.82, 2.24) is 15.3 Å². The van der Waals surface area contributed by atoms with Crippen LogP contribution < -0.4 is 5.32 Å². The zero-order valence-corrected chi connectivity index (χ0v) is 14.7. The first-order valence-electron chi connectivity index (χ1n) is 8.71. The van der Waals surface area contributed by atoms with Crippen LogP contribution in [0.25, 0.3) is 21.7 Å². The zero-order valence-electron chi connectivity index (χ0n) is 13.9. The lowest BCUT2D eigenvalue weighted by Crippen LogP contribution is -2.36. The van der Waals surface area contributed by atoms with Gasteiger partial charge in [-0.15, -0.1) is 11.3 Å². The van der Waals surface area contributed by atoms with Gasteiger partial charge in [-0.2, -0.15) is 0 Å². The molecule has 25 heavy (non-hydrogen) atoms. The van der Waals surface area contributed by atoms with Crippen molar-refractivity contribution in [3.63, 3.8) is 0 Å². The molecule has 1 aliphatic carbocycles. The Labute approximate surface area is 150 Å². The molecule has 0 spiro atoms. The number of benzene rings is 1. The van der Waals surface area contributed by atoms with Gasteiger partial charge in [0, 0.05) is 12.5 Å². The number of amides is 1. The van der Waals surface area contributed by atoms with Crippen molar-refractivity contribution in [3.8, 4) is 10.7 Å². The van der Waals surface area contributed by atoms with Crippen molar-refractivity contribution in [1.29, 1.82) is 0 Å². The summed E-state index contributed by atoms with van der Waals surface area (Å²) in [6.45, 7) is 0.512. The molecular weight excluding hydrogens is 334 g/mol. The molecule has 2 atom stereocenters. The van der Waals surface area contributed by atoms with Crippen molar-refractivity contribution in [2.75, 3.05) is 6.54 Å². The number of aliphatic hydroxyl groups is 1. The maximum absolute atomic E-state index is 12.7. The number of nitrogens with one attached hydrogen (secondary N) is 2. The van der Waals surface area contributed by atoms with E-state index in [9.17, 15) is 9.90 Å². The van der Waals surface area contributed by atoms with Crippen molar-refractivity contribution in [2.24, 2.45) is 5.92 Å². The molecule has 0 unspecified atom stereocenters. The summed E-state index contributed by atoms with van der Waals surface area (Å²) in [7, 11) is 0. The number of aliphatic hydroxyl groups excluding tert-OH is 1. The number of rotatable bonds is 4. The smallest absolute Gasteiger partial charge is 0.253 e. The van der Waals surface area contributed by atoms with Crippen molar-refractivity contribution in [3.05, 3.63) is 41.3 Å². The van der Waals surface area contributed by atoms with Crippen molar-refractivity contribution < 1.29 is 9.90 Å². The standard InChI is InChI=1S/C19H21N3O2S/c23-15-8-2-1-5-12(15)11-20-19(24)13-6-3-7-14-17(13)22-18(21-14)16-9-4-10-25-16/h3-4,6-7,9-10,12,15,23H,1-2,5,8,11H2,(H,20,24)(H,21,22)/t12-,15-/m1/s1. The van der Waals surface area contributed by atoms with E-state index < -0.39 is 0 Å². The number of aromatic amines is 1. The summed E-state index contributed by atoms with van der Waals surface area (Å²) in [4.78, 5) is 21.6. The van der Waals surface area contributed by atoms with Crippen LogP contribution in [0.1, 0.15) is 36.0 Å². The van der Waals surface area contributed by atoms with Gasteiger partial charge in [-0.3, -0.25) is 4.79 Å². The van der Waals surface area contributed by atoms with Gasteiger partial charge in [0.15, 0.2) is 0 Å². The third kappa shape index (κ3) is 3.32. The molecule has 3 aromatic rings. The highest BCUT2D eigenvalue weighted by Crippen LogP contribution is 2.27. The van der Waals surface area contributed by atoms with Crippen LogP contribution >= 0.6 is 11.3 Å². The third-order valence-electron chi connectivity index (χ3n) is 4.91. The first kappa shape index (κ1) is 16.3. The summed E-state index contributed by atoms with van der Waals surface area (Å²) in [5, 5.41) is 15.1. The molecule has 0 aliphatic heterocycles. The number of aromatic nitrogens is 2. The van der Waals surface area contributed by atoms with Gasteiger partial charge < -0.3 is 15.4 Å². The Morgan fingerprint density at radius 1 is 1.28 bits per heavy atom. The van der Waals surface area contributed by atoms with Gasteiger partial charge in [0.1, 0.15) is 11.3 Å². The van der Waals surface area contributed by atoms with Crippen molar-refractivity contribution >= 4 is 28.3 Å². The Balaban J connectivity index is 1.55. The Morgan fingerprint density at radius 3 is 2.96 bits per heavy atom. The van der Waals surface area contributed by atoms with Gasteiger partial charge in [0.25, 0.3) is 5.91 Å². The minimum atomic E-state index is -0.305. The van der Waals surface area contributed by atoms with E-state index in [1.165, 1.54) is 0 Å². The molecule has 1 fully saturated rings. The molecule has 1 aromatic carbocycles. The lowest BCUT2D eigenvalue weighted by atomic mass is 9.86. The maximum Gasteiger partial charge on any atom is 0.253 e. The summed E-state index contributed by atoms with van der Waals surface area (Å²) >= 11 is 1.61. The van der Waals surface area contributed by atoms with E-state index in [1.54, 1.807) is 17.4 Å². The molecule has 1 aliphatic rings. The highest BCUT2D eigenvalue weighted by Gasteiger charge is 2.24. The largest absolute Gasteiger partial charge is 0.393 e. The maximum atomic E-state index is 12.7. The molecule has 0 bridgehead atoms. The van der Waals surface area contributed by atoms with E-state index in [2.05, 4.69) is 15.3 Å². The Bertz CT molecular complexity index is 872. The van der Waals surface area contributed by atoms with Gasteiger partial charge in [-0.25, -0.2) is 4.98 Å². The van der Waals surface area contributed by atoms with Crippen LogP contribution in [0.5, 0.6) is 0 Å². The predicted octanol–water partition coefficient (Wildman–Crippen LogP) is 3.57. The number of thiophene rings is 1. The molecule has 2 heterocycles. The lowest BCUT2D eigenvalue weighted by molar-refractivity contribution is 0.0663. The van der Waals surface area contributed by atoms with Gasteiger partial charge >= 0.3 is 0 Å². The molecule has 6 heteroatoms. The highest BCUT2D eigenvalue weighted by atomic mass is 32.1. The zero-order chi connectivity index (χ0) is 17.2. The van der Waals surface area contributed by atoms with E-state index in [4.69, 9.17) is 0 Å². The average Bonchev–Trinajstić information content (AvgIpc) is 3.29. The molecule has 0 radical (unpaired) electrons. The van der Waals surface area contributed by atoms with Crippen LogP contribution in [0.2, 0.25) is 0 Å². The molecule has 4 rings (SSSR count). The summed E-state index contributed by atoms with van der Waals surface area (Å²) < 4.78 is 0. The number of hydrogen-bond acceptors (Lipinski definition) is 4. The number of carbonyl (C=O) groups excluding carboxylic acids is 1. The van der Waals surface area contributed by atoms with E-state index in [0.717, 1.165) is 41.9 Å². The Kier molecular flexibility index (Phi) is 4.55. The topological polar surface area (TPSA) is 78.0 Å². The normalized spacial score (nSPS) is 20.7. The predicted molar refractivity (Wildman–Crippen MR) is 99.7 cm³/mol. The second kappa shape index (κ2) is 6.98. The molecule has 0 saturated heterocycles. The number of imidazole rings is 1. The minimum Gasteiger partial charge on any atom is -0.393 e. The van der Waals surface area contributed by atoms with Crippen LogP contribution in [0.4, 0.5) is 0 Å². The Morgan fingerprint density at radius 2 is 2.16 bits per heavy atom. The molecule has 1 amide bonds. The summed E-state index contributed by atoms with van der Waals surface area (Å²) in [6.07, 6.45) is 3.69. The quantitative estimate of drug-likeness (QED) is 0.669. The summed E-state index contributed by atoms with van der Waals surface area (Å²) in [6, 6.07) is 9.58. The van der Waals surface area contributed by atoms with E-state index >= 15 is 0 Å². The highest BCUT2D eigenvalue weighted by molar-refractivity contribution is 7.13. The fourth-order valence-electron chi connectivity index (χ4n) is 3.49. The molecular formula is C19H21N3O2S.